The van der Waals surface area contributed by atoms with Gasteiger partial charge in [0.2, 0.25) is 0 Å². The van der Waals surface area contributed by atoms with Gasteiger partial charge in [-0.2, -0.15) is 0 Å². The number of carbonyl (C=O) groups excluding carboxylic acids is 1. The third-order valence-corrected chi connectivity index (χ3v) is 5.61. The molecule has 6 nitrogen and oxygen atoms in total. The van der Waals surface area contributed by atoms with Gasteiger partial charge in [0, 0.05) is 37.8 Å². The summed E-state index contributed by atoms with van der Waals surface area (Å²) in [5.74, 6) is -0.542. The number of hydrogen-bond donors (Lipinski definition) is 1. The minimum Gasteiger partial charge on any atom is -0.370 e. The number of amides is 1. The second kappa shape index (κ2) is 7.53. The fraction of sp³-hybridized carbons (Fsp3) is 0.455. The van der Waals surface area contributed by atoms with Crippen molar-refractivity contribution in [2.24, 2.45) is 0 Å². The van der Waals surface area contributed by atoms with Crippen molar-refractivity contribution < 1.29 is 14.3 Å². The van der Waals surface area contributed by atoms with E-state index in [1.165, 1.54) is 5.56 Å². The van der Waals surface area contributed by atoms with Crippen LogP contribution in [0.4, 0.5) is 11.4 Å². The summed E-state index contributed by atoms with van der Waals surface area (Å²) >= 11 is 0. The van der Waals surface area contributed by atoms with Gasteiger partial charge in [0.25, 0.3) is 5.91 Å². The number of ether oxygens (including phenoxy) is 2. The first-order chi connectivity index (χ1) is 13.5. The van der Waals surface area contributed by atoms with E-state index in [0.29, 0.717) is 18.8 Å². The predicted octanol–water partition coefficient (Wildman–Crippen LogP) is 3.60. The summed E-state index contributed by atoms with van der Waals surface area (Å²) in [6.45, 7) is 9.08. The van der Waals surface area contributed by atoms with Crippen LogP contribution < -0.4 is 10.2 Å². The first kappa shape index (κ1) is 18.9. The molecule has 148 valence electrons. The first-order valence-electron chi connectivity index (χ1n) is 9.83. The average molecular weight is 381 g/mol. The number of nitrogens with zero attached hydrogens (tertiary/aromatic N) is 2. The van der Waals surface area contributed by atoms with Gasteiger partial charge in [0.1, 0.15) is 0 Å². The van der Waals surface area contributed by atoms with E-state index in [-0.39, 0.29) is 5.91 Å². The molecule has 1 aromatic carbocycles. The van der Waals surface area contributed by atoms with Gasteiger partial charge < -0.3 is 19.7 Å². The van der Waals surface area contributed by atoms with Crippen LogP contribution in [-0.2, 0) is 9.47 Å². The molecule has 0 saturated carbocycles. The maximum Gasteiger partial charge on any atom is 0.257 e. The highest BCUT2D eigenvalue weighted by atomic mass is 16.7. The SMILES string of the molecule is Cc1cc(C)c(NC(=O)c2cncc(N3CCC4(CC3)OCCO4)c2)c(C)c1. The van der Waals surface area contributed by atoms with Gasteiger partial charge in [-0.25, -0.2) is 0 Å². The topological polar surface area (TPSA) is 63.7 Å². The lowest BCUT2D eigenvalue weighted by molar-refractivity contribution is -0.169. The second-order valence-corrected chi connectivity index (χ2v) is 7.75. The Labute approximate surface area is 165 Å². The number of carbonyl (C=O) groups is 1. The number of rotatable bonds is 3. The van der Waals surface area contributed by atoms with Crippen molar-refractivity contribution in [3.05, 3.63) is 52.8 Å². The Morgan fingerprint density at radius 3 is 2.32 bits per heavy atom. The van der Waals surface area contributed by atoms with Crippen LogP contribution in [0.15, 0.2) is 30.6 Å². The van der Waals surface area contributed by atoms with Crippen molar-refractivity contribution in [3.63, 3.8) is 0 Å². The average Bonchev–Trinajstić information content (AvgIpc) is 3.13. The molecule has 2 aliphatic rings. The van der Waals surface area contributed by atoms with E-state index in [4.69, 9.17) is 9.47 Å². The third-order valence-electron chi connectivity index (χ3n) is 5.61. The summed E-state index contributed by atoms with van der Waals surface area (Å²) in [4.78, 5) is 19.4. The smallest absolute Gasteiger partial charge is 0.257 e. The minimum atomic E-state index is -0.403. The highest BCUT2D eigenvalue weighted by Crippen LogP contribution is 2.33. The number of benzene rings is 1. The Hall–Kier alpha value is -2.44. The van der Waals surface area contributed by atoms with Crippen molar-refractivity contribution >= 4 is 17.3 Å². The van der Waals surface area contributed by atoms with Crippen LogP contribution in [0.25, 0.3) is 0 Å². The quantitative estimate of drug-likeness (QED) is 0.880. The number of piperidine rings is 1. The molecule has 28 heavy (non-hydrogen) atoms. The maximum absolute atomic E-state index is 12.8. The van der Waals surface area contributed by atoms with Crippen LogP contribution in [0.1, 0.15) is 39.9 Å². The van der Waals surface area contributed by atoms with Crippen LogP contribution in [0.3, 0.4) is 0 Å². The highest BCUT2D eigenvalue weighted by molar-refractivity contribution is 6.05. The molecule has 1 N–H and O–H groups in total. The largest absolute Gasteiger partial charge is 0.370 e. The van der Waals surface area contributed by atoms with Crippen molar-refractivity contribution in [2.45, 2.75) is 39.4 Å². The van der Waals surface area contributed by atoms with Crippen LogP contribution in [-0.4, -0.2) is 43.0 Å². The van der Waals surface area contributed by atoms with Crippen LogP contribution in [0.5, 0.6) is 0 Å². The van der Waals surface area contributed by atoms with E-state index in [1.54, 1.807) is 6.20 Å². The Bertz CT molecular complexity index is 857. The molecule has 2 saturated heterocycles. The van der Waals surface area contributed by atoms with E-state index in [1.807, 2.05) is 26.1 Å². The number of aromatic nitrogens is 1. The van der Waals surface area contributed by atoms with E-state index < -0.39 is 5.79 Å². The normalized spacial score (nSPS) is 18.5. The molecular formula is C22H27N3O3. The number of hydrogen-bond acceptors (Lipinski definition) is 5. The van der Waals surface area contributed by atoms with E-state index in [0.717, 1.165) is 48.4 Å². The van der Waals surface area contributed by atoms with Crippen LogP contribution in [0.2, 0.25) is 0 Å². The maximum atomic E-state index is 12.8. The standard InChI is InChI=1S/C22H27N3O3/c1-15-10-16(2)20(17(3)11-15)24-21(26)18-12-19(14-23-13-18)25-6-4-22(5-7-25)27-8-9-28-22/h10-14H,4-9H2,1-3H3,(H,24,26). The van der Waals surface area contributed by atoms with Gasteiger partial charge in [-0.05, 0) is 38.0 Å². The van der Waals surface area contributed by atoms with Crippen molar-refractivity contribution in [1.29, 1.82) is 0 Å². The summed E-state index contributed by atoms with van der Waals surface area (Å²) in [7, 11) is 0. The van der Waals surface area contributed by atoms with Gasteiger partial charge in [0.05, 0.1) is 30.7 Å². The highest BCUT2D eigenvalue weighted by Gasteiger charge is 2.39. The molecule has 1 spiro atoms. The lowest BCUT2D eigenvalue weighted by Gasteiger charge is -2.38. The molecule has 0 radical (unpaired) electrons. The Morgan fingerprint density at radius 2 is 1.68 bits per heavy atom. The zero-order valence-electron chi connectivity index (χ0n) is 16.7. The molecule has 1 aromatic heterocycles. The molecule has 1 amide bonds. The van der Waals surface area contributed by atoms with E-state index in [9.17, 15) is 4.79 Å². The first-order valence-corrected chi connectivity index (χ1v) is 9.83. The number of aryl methyl sites for hydroxylation is 3. The van der Waals surface area contributed by atoms with E-state index >= 15 is 0 Å². The lowest BCUT2D eigenvalue weighted by atomic mass is 10.0. The second-order valence-electron chi connectivity index (χ2n) is 7.75. The van der Waals surface area contributed by atoms with Gasteiger partial charge in [-0.15, -0.1) is 0 Å². The molecule has 2 aliphatic heterocycles. The molecule has 0 unspecified atom stereocenters. The van der Waals surface area contributed by atoms with Crippen LogP contribution >= 0.6 is 0 Å². The third kappa shape index (κ3) is 3.75. The fourth-order valence-electron chi connectivity index (χ4n) is 4.18. The van der Waals surface area contributed by atoms with Crippen LogP contribution in [0, 0.1) is 20.8 Å². The molecular weight excluding hydrogens is 354 g/mol. The lowest BCUT2D eigenvalue weighted by Crippen LogP contribution is -2.45. The monoisotopic (exact) mass is 381 g/mol. The zero-order valence-corrected chi connectivity index (χ0v) is 16.7. The molecule has 2 fully saturated rings. The number of pyridine rings is 1. The Morgan fingerprint density at radius 1 is 1.04 bits per heavy atom. The molecule has 2 aromatic rings. The number of nitrogens with one attached hydrogen (secondary N) is 1. The molecule has 4 rings (SSSR count). The van der Waals surface area contributed by atoms with Gasteiger partial charge in [0.15, 0.2) is 5.79 Å². The van der Waals surface area contributed by atoms with Crippen molar-refractivity contribution in [1.82, 2.24) is 4.98 Å². The van der Waals surface area contributed by atoms with Gasteiger partial charge in [-0.3, -0.25) is 9.78 Å². The van der Waals surface area contributed by atoms with Crippen molar-refractivity contribution in [3.8, 4) is 0 Å². The minimum absolute atomic E-state index is 0.139. The summed E-state index contributed by atoms with van der Waals surface area (Å²) in [5.41, 5.74) is 5.70. The summed E-state index contributed by atoms with van der Waals surface area (Å²) in [5, 5.41) is 3.05. The summed E-state index contributed by atoms with van der Waals surface area (Å²) in [6, 6.07) is 6.07. The fourth-order valence-corrected chi connectivity index (χ4v) is 4.18. The predicted molar refractivity (Wildman–Crippen MR) is 109 cm³/mol. The molecule has 0 bridgehead atoms. The Kier molecular flexibility index (Phi) is 5.08. The summed E-state index contributed by atoms with van der Waals surface area (Å²) < 4.78 is 11.6. The van der Waals surface area contributed by atoms with Crippen molar-refractivity contribution in [2.75, 3.05) is 36.5 Å². The molecule has 0 atom stereocenters. The molecule has 0 aliphatic carbocycles. The number of anilines is 2. The zero-order chi connectivity index (χ0) is 19.7. The van der Waals surface area contributed by atoms with E-state index in [2.05, 4.69) is 34.3 Å². The molecule has 6 heteroatoms. The molecule has 3 heterocycles. The Balaban J connectivity index is 1.47. The van der Waals surface area contributed by atoms with Gasteiger partial charge >= 0.3 is 0 Å². The van der Waals surface area contributed by atoms with Gasteiger partial charge in [-0.1, -0.05) is 17.7 Å². The summed E-state index contributed by atoms with van der Waals surface area (Å²) in [6.07, 6.45) is 5.08.